The first-order chi connectivity index (χ1) is 13.9. The summed E-state index contributed by atoms with van der Waals surface area (Å²) in [5.74, 6) is 0.512. The lowest BCUT2D eigenvalue weighted by Gasteiger charge is -2.60. The van der Waals surface area contributed by atoms with Gasteiger partial charge in [0.05, 0.1) is 0 Å². The predicted octanol–water partition coefficient (Wildman–Crippen LogP) is 5.44. The minimum atomic E-state index is -0.386. The van der Waals surface area contributed by atoms with E-state index in [-0.39, 0.29) is 45.9 Å². The third kappa shape index (κ3) is 2.74. The van der Waals surface area contributed by atoms with Crippen molar-refractivity contribution in [2.45, 2.75) is 92.9 Å². The van der Waals surface area contributed by atoms with Crippen LogP contribution < -0.4 is 0 Å². The maximum absolute atomic E-state index is 13.0. The Hall–Kier alpha value is -1.45. The normalized spacial score (nSPS) is 42.3. The van der Waals surface area contributed by atoms with Gasteiger partial charge < -0.3 is 4.74 Å². The van der Waals surface area contributed by atoms with Gasteiger partial charge in [-0.1, -0.05) is 45.8 Å². The number of hydrogen-bond donors (Lipinski definition) is 0. The lowest BCUT2D eigenvalue weighted by molar-refractivity contribution is -0.148. The van der Waals surface area contributed by atoms with Crippen molar-refractivity contribution in [2.75, 3.05) is 6.61 Å². The Morgan fingerprint density at radius 3 is 2.30 bits per heavy atom. The largest absolute Gasteiger partial charge is 0.458 e. The highest BCUT2D eigenvalue weighted by Gasteiger charge is 2.63. The van der Waals surface area contributed by atoms with Gasteiger partial charge >= 0.3 is 5.97 Å². The van der Waals surface area contributed by atoms with E-state index in [9.17, 15) is 14.4 Å². The number of hydrogen-bond acceptors (Lipinski definition) is 4. The number of ether oxygens (including phenoxy) is 1. The standard InChI is InChI=1S/C26H38O4/c1-16(27)30-15-20(28)19-10-14-25(5)18-7-8-21-23(2,3)22(29)11-12-24(21,4)17(18)9-13-26(19,25)6/h19,21H,7-15H2,1-6H3/t19-,21+,24-,25+,26+/m0/s1. The first-order valence-electron chi connectivity index (χ1n) is 11.8. The van der Waals surface area contributed by atoms with Gasteiger partial charge in [0.15, 0.2) is 5.78 Å². The molecule has 0 saturated heterocycles. The highest BCUT2D eigenvalue weighted by atomic mass is 16.5. The third-order valence-electron chi connectivity index (χ3n) is 10.3. The van der Waals surface area contributed by atoms with Crippen molar-refractivity contribution < 1.29 is 19.1 Å². The minimum Gasteiger partial charge on any atom is -0.458 e. The van der Waals surface area contributed by atoms with Gasteiger partial charge in [-0.2, -0.15) is 0 Å². The average molecular weight is 415 g/mol. The zero-order chi connectivity index (χ0) is 22.1. The van der Waals surface area contributed by atoms with E-state index >= 15 is 0 Å². The number of fused-ring (bicyclic) bond motifs is 4. The summed E-state index contributed by atoms with van der Waals surface area (Å²) in [6.07, 6.45) is 7.76. The average Bonchev–Trinajstić information content (AvgIpc) is 2.95. The molecule has 0 amide bonds. The molecule has 2 saturated carbocycles. The van der Waals surface area contributed by atoms with Crippen molar-refractivity contribution in [3.8, 4) is 0 Å². The molecule has 0 aromatic carbocycles. The molecule has 30 heavy (non-hydrogen) atoms. The van der Waals surface area contributed by atoms with E-state index in [1.54, 1.807) is 11.1 Å². The summed E-state index contributed by atoms with van der Waals surface area (Å²) in [6.45, 7) is 12.7. The van der Waals surface area contributed by atoms with E-state index in [1.807, 2.05) is 0 Å². The number of ketones is 2. The Morgan fingerprint density at radius 2 is 1.63 bits per heavy atom. The molecule has 166 valence electrons. The van der Waals surface area contributed by atoms with Gasteiger partial charge in [0.2, 0.25) is 0 Å². The van der Waals surface area contributed by atoms with E-state index in [2.05, 4.69) is 34.6 Å². The minimum absolute atomic E-state index is 0.0245. The maximum Gasteiger partial charge on any atom is 0.303 e. The quantitative estimate of drug-likeness (QED) is 0.456. The molecule has 0 aliphatic heterocycles. The Bertz CT molecular complexity index is 836. The number of carbonyl (C=O) groups excluding carboxylic acids is 3. The molecule has 5 atom stereocenters. The van der Waals surface area contributed by atoms with Crippen LogP contribution in [0.15, 0.2) is 11.1 Å². The Morgan fingerprint density at radius 1 is 0.933 bits per heavy atom. The predicted molar refractivity (Wildman–Crippen MR) is 116 cm³/mol. The third-order valence-corrected chi connectivity index (χ3v) is 10.3. The van der Waals surface area contributed by atoms with Crippen molar-refractivity contribution in [2.24, 2.45) is 33.5 Å². The van der Waals surface area contributed by atoms with Gasteiger partial charge in [-0.15, -0.1) is 0 Å². The summed E-state index contributed by atoms with van der Waals surface area (Å²) in [4.78, 5) is 36.9. The van der Waals surface area contributed by atoms with E-state index in [0.29, 0.717) is 18.1 Å². The van der Waals surface area contributed by atoms with Crippen LogP contribution >= 0.6 is 0 Å². The SMILES string of the molecule is CC(=O)OCC(=O)[C@@H]1CC[C@]2(C)C3=C(CC[C@]12C)[C@]1(C)CCC(=O)C(C)(C)[C@H]1CC3. The molecular formula is C26H38O4. The topological polar surface area (TPSA) is 60.4 Å². The van der Waals surface area contributed by atoms with Gasteiger partial charge in [0.25, 0.3) is 0 Å². The molecule has 0 N–H and O–H groups in total. The van der Waals surface area contributed by atoms with Crippen molar-refractivity contribution >= 4 is 17.5 Å². The van der Waals surface area contributed by atoms with Gasteiger partial charge in [-0.05, 0) is 67.1 Å². The fraction of sp³-hybridized carbons (Fsp3) is 0.808. The van der Waals surface area contributed by atoms with Crippen LogP contribution in [0, 0.1) is 33.5 Å². The number of rotatable bonds is 3. The Balaban J connectivity index is 1.70. The summed E-state index contributed by atoms with van der Waals surface area (Å²) >= 11 is 0. The Labute approximate surface area is 181 Å². The van der Waals surface area contributed by atoms with E-state index in [0.717, 1.165) is 44.9 Å². The lowest BCUT2D eigenvalue weighted by Crippen LogP contribution is -2.54. The second kappa shape index (κ2) is 6.77. The zero-order valence-electron chi connectivity index (χ0n) is 19.7. The second-order valence-corrected chi connectivity index (χ2v) is 11.7. The Kier molecular flexibility index (Phi) is 4.91. The van der Waals surface area contributed by atoms with E-state index in [1.165, 1.54) is 6.92 Å². The van der Waals surface area contributed by atoms with Crippen LogP contribution in [0.1, 0.15) is 92.9 Å². The fourth-order valence-corrected chi connectivity index (χ4v) is 8.27. The number of Topliss-reactive ketones (excluding diaryl/α,β-unsaturated/α-hetero) is 2. The maximum atomic E-state index is 13.0. The molecule has 0 aromatic rings. The van der Waals surface area contributed by atoms with Crippen molar-refractivity contribution in [3.05, 3.63) is 11.1 Å². The van der Waals surface area contributed by atoms with E-state index in [4.69, 9.17) is 4.74 Å². The molecule has 4 aliphatic rings. The van der Waals surface area contributed by atoms with Gasteiger partial charge in [0, 0.05) is 24.7 Å². The van der Waals surface area contributed by atoms with Crippen LogP contribution in [0.25, 0.3) is 0 Å². The molecule has 2 fully saturated rings. The first kappa shape index (κ1) is 21.8. The molecule has 4 nitrogen and oxygen atoms in total. The summed E-state index contributed by atoms with van der Waals surface area (Å²) in [5, 5.41) is 0. The number of esters is 1. The van der Waals surface area contributed by atoms with Crippen LogP contribution in [0.4, 0.5) is 0 Å². The van der Waals surface area contributed by atoms with Crippen LogP contribution in [-0.4, -0.2) is 24.1 Å². The monoisotopic (exact) mass is 414 g/mol. The van der Waals surface area contributed by atoms with Crippen molar-refractivity contribution in [1.29, 1.82) is 0 Å². The van der Waals surface area contributed by atoms with Gasteiger partial charge in [-0.3, -0.25) is 14.4 Å². The molecule has 0 bridgehead atoms. The van der Waals surface area contributed by atoms with Crippen LogP contribution in [0.2, 0.25) is 0 Å². The zero-order valence-corrected chi connectivity index (χ0v) is 19.7. The van der Waals surface area contributed by atoms with Gasteiger partial charge in [0.1, 0.15) is 12.4 Å². The summed E-state index contributed by atoms with van der Waals surface area (Å²) < 4.78 is 5.07. The molecular weight excluding hydrogens is 376 g/mol. The molecule has 4 heteroatoms. The van der Waals surface area contributed by atoms with Crippen molar-refractivity contribution in [1.82, 2.24) is 0 Å². The molecule has 0 unspecified atom stereocenters. The summed E-state index contributed by atoms with van der Waals surface area (Å²) in [7, 11) is 0. The molecule has 0 aromatic heterocycles. The van der Waals surface area contributed by atoms with Crippen LogP contribution in [0.3, 0.4) is 0 Å². The lowest BCUT2D eigenvalue weighted by atomic mass is 9.43. The fourth-order valence-electron chi connectivity index (χ4n) is 8.27. The molecule has 0 spiro atoms. The molecule has 0 radical (unpaired) electrons. The summed E-state index contributed by atoms with van der Waals surface area (Å²) in [5.41, 5.74) is 3.03. The highest BCUT2D eigenvalue weighted by Crippen LogP contribution is 2.71. The first-order valence-corrected chi connectivity index (χ1v) is 11.8. The van der Waals surface area contributed by atoms with E-state index < -0.39 is 0 Å². The van der Waals surface area contributed by atoms with Crippen LogP contribution in [-0.2, 0) is 19.1 Å². The van der Waals surface area contributed by atoms with Crippen LogP contribution in [0.5, 0.6) is 0 Å². The molecule has 4 aliphatic carbocycles. The highest BCUT2D eigenvalue weighted by molar-refractivity contribution is 5.86. The summed E-state index contributed by atoms with van der Waals surface area (Å²) in [6, 6.07) is 0. The number of carbonyl (C=O) groups is 3. The molecule has 0 heterocycles. The smallest absolute Gasteiger partial charge is 0.303 e. The van der Waals surface area contributed by atoms with Gasteiger partial charge in [-0.25, -0.2) is 0 Å². The number of allylic oxidation sites excluding steroid dienone is 2. The molecule has 4 rings (SSSR count). The second-order valence-electron chi connectivity index (χ2n) is 11.7. The van der Waals surface area contributed by atoms with Crippen molar-refractivity contribution in [3.63, 3.8) is 0 Å².